The molecule has 218 valence electrons. The number of rotatable bonds is 11. The molecule has 0 atom stereocenters. The maximum atomic E-state index is 12.3. The number of hydrogen-bond donors (Lipinski definition) is 3. The average Bonchev–Trinajstić information content (AvgIpc) is 2.96. The van der Waals surface area contributed by atoms with Crippen molar-refractivity contribution >= 4 is 45.1 Å². The van der Waals surface area contributed by atoms with Gasteiger partial charge in [0.1, 0.15) is 23.0 Å². The minimum atomic E-state index is -3.40. The second-order valence-electron chi connectivity index (χ2n) is 9.59. The van der Waals surface area contributed by atoms with E-state index in [0.717, 1.165) is 11.2 Å². The highest BCUT2D eigenvalue weighted by molar-refractivity contribution is 7.99. The molecule has 1 aromatic heterocycles. The quantitative estimate of drug-likeness (QED) is 0.257. The van der Waals surface area contributed by atoms with E-state index in [1.165, 1.54) is 23.1 Å². The number of pyridine rings is 1. The van der Waals surface area contributed by atoms with Crippen molar-refractivity contribution in [1.29, 1.82) is 10.5 Å². The Morgan fingerprint density at radius 2 is 1.73 bits per heavy atom. The second kappa shape index (κ2) is 14.2. The van der Waals surface area contributed by atoms with E-state index >= 15 is 0 Å². The van der Waals surface area contributed by atoms with Gasteiger partial charge in [-0.05, 0) is 55.5 Å². The Balaban J connectivity index is 1.78. The van der Waals surface area contributed by atoms with Gasteiger partial charge in [0.05, 0.1) is 23.1 Å². The zero-order valence-corrected chi connectivity index (χ0v) is 24.8. The normalized spacial score (nSPS) is 13.7. The van der Waals surface area contributed by atoms with Crippen molar-refractivity contribution in [3.05, 3.63) is 41.0 Å². The Kier molecular flexibility index (Phi) is 10.9. The summed E-state index contributed by atoms with van der Waals surface area (Å²) in [7, 11) is -1.93. The molecule has 3 N–H and O–H groups in total. The van der Waals surface area contributed by atoms with Gasteiger partial charge in [0, 0.05) is 43.9 Å². The van der Waals surface area contributed by atoms with Crippen LogP contribution in [0.25, 0.3) is 0 Å². The van der Waals surface area contributed by atoms with E-state index < -0.39 is 15.9 Å². The highest BCUT2D eigenvalue weighted by Crippen LogP contribution is 2.37. The molecule has 0 aliphatic carbocycles. The van der Waals surface area contributed by atoms with Crippen molar-refractivity contribution in [2.24, 2.45) is 0 Å². The Morgan fingerprint density at radius 3 is 2.27 bits per heavy atom. The van der Waals surface area contributed by atoms with Gasteiger partial charge < -0.3 is 10.2 Å². The lowest BCUT2D eigenvalue weighted by Crippen LogP contribution is -2.45. The summed E-state index contributed by atoms with van der Waals surface area (Å²) in [5.74, 6) is -0.196. The highest BCUT2D eigenvalue weighted by Gasteiger charge is 2.27. The molecular formula is C27H33N7O5S2. The van der Waals surface area contributed by atoms with Crippen molar-refractivity contribution in [1.82, 2.24) is 15.8 Å². The fourth-order valence-corrected chi connectivity index (χ4v) is 5.92. The summed E-state index contributed by atoms with van der Waals surface area (Å²) >= 11 is 1.27. The summed E-state index contributed by atoms with van der Waals surface area (Å²) in [5.41, 5.74) is 3.38. The molecule has 2 amide bonds. The van der Waals surface area contributed by atoms with Gasteiger partial charge in [-0.2, -0.15) is 10.5 Å². The monoisotopic (exact) mass is 599 g/mol. The van der Waals surface area contributed by atoms with E-state index in [-0.39, 0.29) is 24.8 Å². The molecule has 0 spiro atoms. The van der Waals surface area contributed by atoms with Gasteiger partial charge in [-0.15, -0.1) is 0 Å². The maximum absolute atomic E-state index is 12.3. The van der Waals surface area contributed by atoms with E-state index in [2.05, 4.69) is 17.5 Å². The second-order valence-corrected chi connectivity index (χ2v) is 12.7. The highest BCUT2D eigenvalue weighted by atomic mass is 32.2. The third kappa shape index (κ3) is 8.10. The summed E-state index contributed by atoms with van der Waals surface area (Å²) in [5, 5.41) is 32.0. The van der Waals surface area contributed by atoms with Crippen molar-refractivity contribution in [3.63, 3.8) is 0 Å². The summed E-state index contributed by atoms with van der Waals surface area (Å²) in [6.45, 7) is 2.98. The fraction of sp³-hybridized carbons (Fsp3) is 0.444. The zero-order valence-electron chi connectivity index (χ0n) is 23.2. The van der Waals surface area contributed by atoms with E-state index in [9.17, 15) is 28.5 Å². The fourth-order valence-electron chi connectivity index (χ4n) is 4.51. The lowest BCUT2D eigenvalue weighted by Gasteiger charge is -2.34. The predicted octanol–water partition coefficient (Wildman–Crippen LogP) is 2.70. The third-order valence-corrected chi connectivity index (χ3v) is 9.03. The van der Waals surface area contributed by atoms with E-state index in [4.69, 9.17) is 10.2 Å². The molecule has 1 saturated heterocycles. The van der Waals surface area contributed by atoms with Crippen LogP contribution in [-0.4, -0.2) is 62.9 Å². The molecule has 1 aromatic carbocycles. The molecule has 3 rings (SSSR count). The first kappa shape index (κ1) is 31.7. The van der Waals surface area contributed by atoms with Crippen molar-refractivity contribution in [3.8, 4) is 12.1 Å². The van der Waals surface area contributed by atoms with E-state index in [0.29, 0.717) is 72.0 Å². The number of piperidine rings is 1. The lowest BCUT2D eigenvalue weighted by atomic mass is 9.99. The number of hydrogen-bond acceptors (Lipinski definition) is 10. The minimum absolute atomic E-state index is 0.0580. The number of nitrogens with zero attached hydrogens (tertiary/aromatic N) is 5. The third-order valence-electron chi connectivity index (χ3n) is 6.83. The Bertz CT molecular complexity index is 1460. The van der Waals surface area contributed by atoms with Crippen LogP contribution in [-0.2, 0) is 26.0 Å². The molecule has 0 bridgehead atoms. The van der Waals surface area contributed by atoms with Crippen LogP contribution >= 0.6 is 11.8 Å². The number of nitrogens with one attached hydrogen (secondary N) is 2. The Labute approximate surface area is 244 Å². The maximum Gasteiger partial charge on any atom is 0.243 e. The zero-order chi connectivity index (χ0) is 30.2. The lowest BCUT2D eigenvalue weighted by molar-refractivity contribution is -0.129. The van der Waals surface area contributed by atoms with Gasteiger partial charge in [-0.25, -0.2) is 18.9 Å². The van der Waals surface area contributed by atoms with Gasteiger partial charge in [-0.1, -0.05) is 18.7 Å². The van der Waals surface area contributed by atoms with Gasteiger partial charge in [0.25, 0.3) is 0 Å². The minimum Gasteiger partial charge on any atom is -0.355 e. The molecule has 2 heterocycles. The first-order chi connectivity index (χ1) is 19.5. The number of aromatic nitrogens is 1. The van der Waals surface area contributed by atoms with Crippen LogP contribution in [0.15, 0.2) is 34.2 Å². The molecular weight excluding hydrogens is 566 g/mol. The smallest absolute Gasteiger partial charge is 0.243 e. The Morgan fingerprint density at radius 1 is 1.12 bits per heavy atom. The number of hydroxylamine groups is 1. The summed E-state index contributed by atoms with van der Waals surface area (Å²) in [6, 6.07) is 11.3. The van der Waals surface area contributed by atoms with Crippen LogP contribution in [0.4, 0.5) is 11.5 Å². The predicted molar refractivity (Wildman–Crippen MR) is 154 cm³/mol. The van der Waals surface area contributed by atoms with E-state index in [1.807, 2.05) is 11.8 Å². The number of nitriles is 2. The molecule has 14 heteroatoms. The van der Waals surface area contributed by atoms with Crippen LogP contribution in [0.1, 0.15) is 55.7 Å². The number of carbonyl (C=O) groups is 2. The topological polar surface area (TPSA) is 180 Å². The molecule has 12 nitrogen and oxygen atoms in total. The van der Waals surface area contributed by atoms with Crippen LogP contribution in [0.2, 0.25) is 0 Å². The van der Waals surface area contributed by atoms with Crippen molar-refractivity contribution in [2.45, 2.75) is 61.4 Å². The number of benzene rings is 1. The molecule has 2 aromatic rings. The molecule has 1 aliphatic rings. The molecule has 0 radical (unpaired) electrons. The first-order valence-electron chi connectivity index (χ1n) is 13.1. The van der Waals surface area contributed by atoms with Gasteiger partial charge in [-0.3, -0.25) is 19.1 Å². The van der Waals surface area contributed by atoms with Gasteiger partial charge in [0.15, 0.2) is 0 Å². The summed E-state index contributed by atoms with van der Waals surface area (Å²) in [6.07, 6.45) is 3.43. The van der Waals surface area contributed by atoms with Gasteiger partial charge >= 0.3 is 0 Å². The van der Waals surface area contributed by atoms with Crippen LogP contribution in [0.3, 0.4) is 0 Å². The molecule has 0 unspecified atom stereocenters. The van der Waals surface area contributed by atoms with Crippen LogP contribution < -0.4 is 20.0 Å². The van der Waals surface area contributed by atoms with Crippen LogP contribution in [0, 0.1) is 22.7 Å². The first-order valence-corrected chi connectivity index (χ1v) is 15.7. The Hall–Kier alpha value is -3.85. The molecule has 41 heavy (non-hydrogen) atoms. The molecule has 1 aliphatic heterocycles. The number of amides is 2. The number of anilines is 2. The summed E-state index contributed by atoms with van der Waals surface area (Å²) < 4.78 is 24.9. The largest absolute Gasteiger partial charge is 0.355 e. The van der Waals surface area contributed by atoms with Gasteiger partial charge in [0.2, 0.25) is 21.8 Å². The molecule has 1 fully saturated rings. The summed E-state index contributed by atoms with van der Waals surface area (Å²) in [4.78, 5) is 30.9. The van der Waals surface area contributed by atoms with Crippen LogP contribution in [0.5, 0.6) is 0 Å². The van der Waals surface area contributed by atoms with E-state index in [1.54, 1.807) is 29.7 Å². The number of carbonyl (C=O) groups excluding carboxylic acids is 2. The number of sulfonamides is 1. The standard InChI is InChI=1S/C27H33N7O5S2/c1-4-21-22(16-28)26(34-14-12-18(13-15-34)30-24(35)6-5-7-25(36)32-37)31-27(23(21)17-29)40-20-10-8-19(9-11-20)33(2)41(3,38)39/h8-11,18,37H,4-7,12-15H2,1-3H3,(H,30,35)(H,32,36). The SMILES string of the molecule is CCc1c(C#N)c(Sc2ccc(N(C)S(C)(=O)=O)cc2)nc(N2CCC(NC(=O)CCCC(=O)NO)CC2)c1C#N. The van der Waals surface area contributed by atoms with Crippen molar-refractivity contribution < 1.29 is 23.2 Å². The molecule has 0 saturated carbocycles. The van der Waals surface area contributed by atoms with Crippen molar-refractivity contribution in [2.75, 3.05) is 35.6 Å². The average molecular weight is 600 g/mol.